The van der Waals surface area contributed by atoms with Gasteiger partial charge >= 0.3 is 15.5 Å². The number of nitrogen functional groups attached to an aromatic ring is 1. The molecule has 0 aliphatic carbocycles. The topological polar surface area (TPSA) is 79.5 Å². The SMILES string of the molecule is Nc1ccnc(CN2c3ccccc3CN(S(=O)(=O)C(F)(F)F)CC2CCc2ccccc2)c1. The summed E-state index contributed by atoms with van der Waals surface area (Å²) < 4.78 is 66.0. The van der Waals surface area contributed by atoms with Crippen molar-refractivity contribution < 1.29 is 21.6 Å². The second-order valence-electron chi connectivity index (χ2n) is 8.26. The number of alkyl halides is 3. The molecule has 1 unspecified atom stereocenters. The average Bonchev–Trinajstić information content (AvgIpc) is 2.95. The van der Waals surface area contributed by atoms with Crippen molar-refractivity contribution in [3.05, 3.63) is 89.7 Å². The van der Waals surface area contributed by atoms with Gasteiger partial charge in [0.2, 0.25) is 0 Å². The number of hydrogen-bond donors (Lipinski definition) is 1. The first-order valence-corrected chi connectivity index (χ1v) is 12.2. The van der Waals surface area contributed by atoms with Gasteiger partial charge in [0.1, 0.15) is 0 Å². The van der Waals surface area contributed by atoms with Crippen molar-refractivity contribution in [2.45, 2.75) is 37.5 Å². The molecule has 2 aromatic carbocycles. The van der Waals surface area contributed by atoms with E-state index in [9.17, 15) is 21.6 Å². The van der Waals surface area contributed by atoms with Crippen LogP contribution in [0.4, 0.5) is 24.5 Å². The largest absolute Gasteiger partial charge is 0.511 e. The maximum absolute atomic E-state index is 13.5. The Bertz CT molecular complexity index is 1240. The fourth-order valence-electron chi connectivity index (χ4n) is 4.24. The summed E-state index contributed by atoms with van der Waals surface area (Å²) in [6.07, 6.45) is 2.60. The van der Waals surface area contributed by atoms with E-state index in [1.165, 1.54) is 0 Å². The van der Waals surface area contributed by atoms with Crippen molar-refractivity contribution in [1.29, 1.82) is 0 Å². The Labute approximate surface area is 196 Å². The van der Waals surface area contributed by atoms with Crippen LogP contribution < -0.4 is 10.6 Å². The molecule has 2 N–H and O–H groups in total. The van der Waals surface area contributed by atoms with Gasteiger partial charge < -0.3 is 10.6 Å². The second-order valence-corrected chi connectivity index (χ2v) is 10.2. The van der Waals surface area contributed by atoms with Gasteiger partial charge in [-0.1, -0.05) is 48.5 Å². The van der Waals surface area contributed by atoms with Crippen LogP contribution in [-0.2, 0) is 29.5 Å². The zero-order chi connectivity index (χ0) is 24.3. The molecule has 0 saturated carbocycles. The number of sulfonamides is 1. The quantitative estimate of drug-likeness (QED) is 0.556. The van der Waals surface area contributed by atoms with E-state index in [0.717, 1.165) is 5.56 Å². The maximum Gasteiger partial charge on any atom is 0.511 e. The number of nitrogens with zero attached hydrogens (tertiary/aromatic N) is 3. The first kappa shape index (κ1) is 24.0. The molecule has 180 valence electrons. The highest BCUT2D eigenvalue weighted by Crippen LogP contribution is 2.35. The predicted molar refractivity (Wildman–Crippen MR) is 125 cm³/mol. The molecular formula is C24H25F3N4O2S. The normalized spacial score (nSPS) is 17.3. The lowest BCUT2D eigenvalue weighted by Crippen LogP contribution is -2.47. The highest BCUT2D eigenvalue weighted by atomic mass is 32.2. The number of para-hydroxylation sites is 1. The number of halogens is 3. The van der Waals surface area contributed by atoms with Gasteiger partial charge in [0.25, 0.3) is 0 Å². The van der Waals surface area contributed by atoms with Crippen molar-refractivity contribution in [3.8, 4) is 0 Å². The van der Waals surface area contributed by atoms with Crippen molar-refractivity contribution >= 4 is 21.4 Å². The van der Waals surface area contributed by atoms with Gasteiger partial charge in [-0.05, 0) is 42.2 Å². The molecule has 1 aromatic heterocycles. The zero-order valence-corrected chi connectivity index (χ0v) is 19.1. The van der Waals surface area contributed by atoms with E-state index in [1.807, 2.05) is 35.2 Å². The number of anilines is 2. The van der Waals surface area contributed by atoms with Gasteiger partial charge in [-0.3, -0.25) is 4.98 Å². The van der Waals surface area contributed by atoms with Gasteiger partial charge in [-0.2, -0.15) is 17.5 Å². The molecule has 10 heteroatoms. The summed E-state index contributed by atoms with van der Waals surface area (Å²) in [6, 6.07) is 19.4. The van der Waals surface area contributed by atoms with E-state index in [1.54, 1.807) is 42.6 Å². The number of aromatic nitrogens is 1. The minimum atomic E-state index is -5.51. The van der Waals surface area contributed by atoms with Crippen LogP contribution in [0.3, 0.4) is 0 Å². The number of fused-ring (bicyclic) bond motifs is 1. The molecule has 0 radical (unpaired) electrons. The standard InChI is InChI=1S/C24H25F3N4O2S/c25-24(26,27)34(32,33)30-15-19-8-4-5-9-23(19)31(16-21-14-20(28)12-13-29-21)22(17-30)11-10-18-6-2-1-3-7-18/h1-9,12-14,22H,10-11,15-17H2,(H2,28,29). The van der Waals surface area contributed by atoms with E-state index in [2.05, 4.69) is 4.98 Å². The van der Waals surface area contributed by atoms with Crippen molar-refractivity contribution in [2.75, 3.05) is 17.2 Å². The van der Waals surface area contributed by atoms with Crippen molar-refractivity contribution in [1.82, 2.24) is 9.29 Å². The number of benzene rings is 2. The highest BCUT2D eigenvalue weighted by Gasteiger charge is 2.51. The Hall–Kier alpha value is -3.11. The maximum atomic E-state index is 13.5. The summed E-state index contributed by atoms with van der Waals surface area (Å²) in [5.41, 5.74) is 3.91. The molecule has 6 nitrogen and oxygen atoms in total. The van der Waals surface area contributed by atoms with Gasteiger partial charge in [-0.15, -0.1) is 0 Å². The molecule has 1 atom stereocenters. The first-order chi connectivity index (χ1) is 16.1. The Morgan fingerprint density at radius 3 is 2.44 bits per heavy atom. The molecule has 1 aliphatic heterocycles. The van der Waals surface area contributed by atoms with Crippen LogP contribution in [0, 0.1) is 0 Å². The van der Waals surface area contributed by atoms with Gasteiger partial charge in [0.15, 0.2) is 0 Å². The lowest BCUT2D eigenvalue weighted by atomic mass is 10.0. The summed E-state index contributed by atoms with van der Waals surface area (Å²) in [6.45, 7) is -0.381. The van der Waals surface area contributed by atoms with Crippen LogP contribution in [0.1, 0.15) is 23.2 Å². The second kappa shape index (κ2) is 9.63. The van der Waals surface area contributed by atoms with Crippen LogP contribution in [0.2, 0.25) is 0 Å². The third kappa shape index (κ3) is 5.18. The Morgan fingerprint density at radius 2 is 1.74 bits per heavy atom. The summed E-state index contributed by atoms with van der Waals surface area (Å²) in [7, 11) is -5.51. The summed E-state index contributed by atoms with van der Waals surface area (Å²) in [5.74, 6) is 0. The molecule has 34 heavy (non-hydrogen) atoms. The molecule has 0 spiro atoms. The fraction of sp³-hybridized carbons (Fsp3) is 0.292. The molecule has 0 fully saturated rings. The van der Waals surface area contributed by atoms with Gasteiger partial charge in [0, 0.05) is 36.7 Å². The highest BCUT2D eigenvalue weighted by molar-refractivity contribution is 7.89. The molecule has 4 rings (SSSR count). The molecule has 0 amide bonds. The molecule has 0 bridgehead atoms. The first-order valence-electron chi connectivity index (χ1n) is 10.8. The average molecular weight is 491 g/mol. The number of pyridine rings is 1. The molecule has 2 heterocycles. The van der Waals surface area contributed by atoms with Crippen LogP contribution in [0.25, 0.3) is 0 Å². The van der Waals surface area contributed by atoms with Crippen molar-refractivity contribution in [3.63, 3.8) is 0 Å². The Balaban J connectivity index is 1.75. The van der Waals surface area contributed by atoms with Crippen LogP contribution >= 0.6 is 0 Å². The minimum absolute atomic E-state index is 0.279. The number of hydrogen-bond acceptors (Lipinski definition) is 5. The van der Waals surface area contributed by atoms with Crippen LogP contribution in [-0.4, -0.2) is 35.8 Å². The minimum Gasteiger partial charge on any atom is -0.399 e. The number of aryl methyl sites for hydroxylation is 1. The third-order valence-corrected chi connectivity index (χ3v) is 7.46. The summed E-state index contributed by atoms with van der Waals surface area (Å²) in [4.78, 5) is 6.31. The van der Waals surface area contributed by atoms with E-state index in [0.29, 0.717) is 39.8 Å². The summed E-state index contributed by atoms with van der Waals surface area (Å²) in [5, 5.41) is 0. The van der Waals surface area contributed by atoms with E-state index in [4.69, 9.17) is 5.73 Å². The third-order valence-electron chi connectivity index (χ3n) is 5.92. The molecule has 1 aliphatic rings. The Morgan fingerprint density at radius 1 is 1.03 bits per heavy atom. The lowest BCUT2D eigenvalue weighted by Gasteiger charge is -2.34. The van der Waals surface area contributed by atoms with E-state index in [-0.39, 0.29) is 19.6 Å². The molecular weight excluding hydrogens is 465 g/mol. The number of nitrogens with two attached hydrogens (primary N) is 1. The predicted octanol–water partition coefficient (Wildman–Crippen LogP) is 4.34. The van der Waals surface area contributed by atoms with Crippen molar-refractivity contribution in [2.24, 2.45) is 0 Å². The van der Waals surface area contributed by atoms with Gasteiger partial charge in [0.05, 0.1) is 12.2 Å². The van der Waals surface area contributed by atoms with Gasteiger partial charge in [-0.25, -0.2) is 8.42 Å². The van der Waals surface area contributed by atoms with Crippen LogP contribution in [0.15, 0.2) is 72.9 Å². The van der Waals surface area contributed by atoms with E-state index >= 15 is 0 Å². The molecule has 0 saturated heterocycles. The molecule has 3 aromatic rings. The number of rotatable bonds is 6. The lowest BCUT2D eigenvalue weighted by molar-refractivity contribution is -0.0492. The smallest absolute Gasteiger partial charge is 0.399 e. The van der Waals surface area contributed by atoms with Crippen LogP contribution in [0.5, 0.6) is 0 Å². The fourth-order valence-corrected chi connectivity index (χ4v) is 5.21. The summed E-state index contributed by atoms with van der Waals surface area (Å²) >= 11 is 0. The van der Waals surface area contributed by atoms with E-state index < -0.39 is 21.6 Å². The Kier molecular flexibility index (Phi) is 6.81. The zero-order valence-electron chi connectivity index (χ0n) is 18.3. The monoisotopic (exact) mass is 490 g/mol.